The van der Waals surface area contributed by atoms with Crippen LogP contribution in [-0.2, 0) is 0 Å². The standard InChI is InChI=1S/C12H18N4O2/c1-14-12(17)9-6-7-11(16-15-9)18-10-5-3-2-4-8(10)13/h6-8,10H,2-5,13H2,1H3,(H,14,17). The van der Waals surface area contributed by atoms with Crippen molar-refractivity contribution in [1.29, 1.82) is 0 Å². The largest absolute Gasteiger partial charge is 0.472 e. The molecule has 0 aromatic carbocycles. The van der Waals surface area contributed by atoms with E-state index in [1.807, 2.05) is 0 Å². The van der Waals surface area contributed by atoms with Gasteiger partial charge < -0.3 is 15.8 Å². The van der Waals surface area contributed by atoms with Crippen molar-refractivity contribution >= 4 is 5.91 Å². The summed E-state index contributed by atoms with van der Waals surface area (Å²) in [5.74, 6) is 0.161. The first kappa shape index (κ1) is 12.8. The highest BCUT2D eigenvalue weighted by Crippen LogP contribution is 2.21. The van der Waals surface area contributed by atoms with Crippen LogP contribution in [-0.4, -0.2) is 35.3 Å². The smallest absolute Gasteiger partial charge is 0.271 e. The minimum atomic E-state index is -0.261. The van der Waals surface area contributed by atoms with Crippen LogP contribution < -0.4 is 15.8 Å². The Morgan fingerprint density at radius 2 is 2.17 bits per heavy atom. The highest BCUT2D eigenvalue weighted by atomic mass is 16.5. The number of nitrogens with one attached hydrogen (secondary N) is 1. The van der Waals surface area contributed by atoms with E-state index in [1.165, 1.54) is 0 Å². The molecule has 0 bridgehead atoms. The number of nitrogens with two attached hydrogens (primary N) is 1. The molecule has 2 rings (SSSR count). The molecule has 1 heterocycles. The third-order valence-corrected chi connectivity index (χ3v) is 3.13. The number of ether oxygens (including phenoxy) is 1. The maximum atomic E-state index is 11.3. The summed E-state index contributed by atoms with van der Waals surface area (Å²) in [4.78, 5) is 11.3. The third kappa shape index (κ3) is 2.95. The van der Waals surface area contributed by atoms with Gasteiger partial charge in [0.25, 0.3) is 5.91 Å². The second-order valence-corrected chi connectivity index (χ2v) is 4.44. The molecule has 6 heteroatoms. The maximum Gasteiger partial charge on any atom is 0.271 e. The minimum Gasteiger partial charge on any atom is -0.472 e. The molecule has 1 fully saturated rings. The molecule has 1 aromatic heterocycles. The van der Waals surface area contributed by atoms with Crippen LogP contribution in [0.15, 0.2) is 12.1 Å². The lowest BCUT2D eigenvalue weighted by atomic mass is 9.93. The van der Waals surface area contributed by atoms with Crippen LogP contribution in [0.2, 0.25) is 0 Å². The predicted octanol–water partition coefficient (Wildman–Crippen LogP) is 0.485. The number of rotatable bonds is 3. The summed E-state index contributed by atoms with van der Waals surface area (Å²) in [7, 11) is 1.55. The summed E-state index contributed by atoms with van der Waals surface area (Å²) in [6.07, 6.45) is 4.21. The van der Waals surface area contributed by atoms with Gasteiger partial charge in [-0.15, -0.1) is 10.2 Å². The Labute approximate surface area is 106 Å². The van der Waals surface area contributed by atoms with E-state index in [4.69, 9.17) is 10.5 Å². The molecular formula is C12H18N4O2. The Hall–Kier alpha value is -1.69. The number of nitrogens with zero attached hydrogens (tertiary/aromatic N) is 2. The van der Waals surface area contributed by atoms with Gasteiger partial charge in [-0.25, -0.2) is 0 Å². The van der Waals surface area contributed by atoms with Crippen molar-refractivity contribution in [3.05, 3.63) is 17.8 Å². The fourth-order valence-corrected chi connectivity index (χ4v) is 2.06. The first-order valence-electron chi connectivity index (χ1n) is 6.19. The normalized spacial score (nSPS) is 23.4. The fourth-order valence-electron chi connectivity index (χ4n) is 2.06. The fraction of sp³-hybridized carbons (Fsp3) is 0.583. The molecule has 6 nitrogen and oxygen atoms in total. The first-order chi connectivity index (χ1) is 8.70. The van der Waals surface area contributed by atoms with Gasteiger partial charge in [-0.3, -0.25) is 4.79 Å². The number of hydrogen-bond donors (Lipinski definition) is 2. The Morgan fingerprint density at radius 1 is 1.39 bits per heavy atom. The molecule has 2 atom stereocenters. The molecule has 2 unspecified atom stereocenters. The number of hydrogen-bond acceptors (Lipinski definition) is 5. The molecule has 1 saturated carbocycles. The summed E-state index contributed by atoms with van der Waals surface area (Å²) in [5.41, 5.74) is 6.26. The van der Waals surface area contributed by atoms with Gasteiger partial charge in [-0.1, -0.05) is 6.42 Å². The molecule has 1 aliphatic rings. The Kier molecular flexibility index (Phi) is 4.09. The zero-order valence-electron chi connectivity index (χ0n) is 10.4. The Morgan fingerprint density at radius 3 is 2.78 bits per heavy atom. The summed E-state index contributed by atoms with van der Waals surface area (Å²) in [6.45, 7) is 0. The van der Waals surface area contributed by atoms with Crippen molar-refractivity contribution in [2.75, 3.05) is 7.05 Å². The van der Waals surface area contributed by atoms with Crippen LogP contribution in [0, 0.1) is 0 Å². The second-order valence-electron chi connectivity index (χ2n) is 4.44. The lowest BCUT2D eigenvalue weighted by Crippen LogP contribution is -2.41. The van der Waals surface area contributed by atoms with Gasteiger partial charge in [0.1, 0.15) is 6.10 Å². The van der Waals surface area contributed by atoms with Crippen LogP contribution in [0.5, 0.6) is 5.88 Å². The van der Waals surface area contributed by atoms with Crippen molar-refractivity contribution in [2.24, 2.45) is 5.73 Å². The molecule has 1 aromatic rings. The van der Waals surface area contributed by atoms with Gasteiger partial charge in [0, 0.05) is 19.2 Å². The van der Waals surface area contributed by atoms with Crippen molar-refractivity contribution in [2.45, 2.75) is 37.8 Å². The number of amides is 1. The molecule has 1 aliphatic carbocycles. The van der Waals surface area contributed by atoms with Gasteiger partial charge in [-0.05, 0) is 25.3 Å². The molecule has 3 N–H and O–H groups in total. The summed E-state index contributed by atoms with van der Waals surface area (Å²) < 4.78 is 5.71. The van der Waals surface area contributed by atoms with Gasteiger partial charge in [-0.2, -0.15) is 0 Å². The average Bonchev–Trinajstić information content (AvgIpc) is 2.41. The van der Waals surface area contributed by atoms with E-state index < -0.39 is 0 Å². The molecule has 0 spiro atoms. The van der Waals surface area contributed by atoms with E-state index in [-0.39, 0.29) is 23.7 Å². The monoisotopic (exact) mass is 250 g/mol. The zero-order valence-corrected chi connectivity index (χ0v) is 10.4. The number of aromatic nitrogens is 2. The van der Waals surface area contributed by atoms with E-state index in [0.717, 1.165) is 25.7 Å². The number of carbonyl (C=O) groups is 1. The minimum absolute atomic E-state index is 0.00102. The van der Waals surface area contributed by atoms with Crippen molar-refractivity contribution in [3.63, 3.8) is 0 Å². The molecule has 1 amide bonds. The van der Waals surface area contributed by atoms with Crippen molar-refractivity contribution in [3.8, 4) is 5.88 Å². The van der Waals surface area contributed by atoms with Gasteiger partial charge >= 0.3 is 0 Å². The molecular weight excluding hydrogens is 232 g/mol. The molecule has 0 saturated heterocycles. The van der Waals surface area contributed by atoms with Gasteiger partial charge in [0.2, 0.25) is 5.88 Å². The van der Waals surface area contributed by atoms with Crippen LogP contribution in [0.25, 0.3) is 0 Å². The molecule has 98 valence electrons. The van der Waals surface area contributed by atoms with Crippen LogP contribution in [0.4, 0.5) is 0 Å². The van der Waals surface area contributed by atoms with E-state index in [9.17, 15) is 4.79 Å². The average molecular weight is 250 g/mol. The summed E-state index contributed by atoms with van der Waals surface area (Å²) in [5, 5.41) is 10.2. The molecule has 0 aliphatic heterocycles. The second kappa shape index (κ2) is 5.77. The van der Waals surface area contributed by atoms with Gasteiger partial charge in [0.15, 0.2) is 5.69 Å². The zero-order chi connectivity index (χ0) is 13.0. The van der Waals surface area contributed by atoms with Crippen LogP contribution in [0.1, 0.15) is 36.2 Å². The van der Waals surface area contributed by atoms with E-state index >= 15 is 0 Å². The summed E-state index contributed by atoms with van der Waals surface area (Å²) >= 11 is 0. The lowest BCUT2D eigenvalue weighted by molar-refractivity contribution is 0.0955. The SMILES string of the molecule is CNC(=O)c1ccc(OC2CCCCC2N)nn1. The molecule has 18 heavy (non-hydrogen) atoms. The molecule has 0 radical (unpaired) electrons. The Bertz CT molecular complexity index is 407. The van der Waals surface area contributed by atoms with Gasteiger partial charge in [0.05, 0.1) is 0 Å². The number of carbonyl (C=O) groups excluding carboxylic acids is 1. The van der Waals surface area contributed by atoms with E-state index in [0.29, 0.717) is 5.88 Å². The highest BCUT2D eigenvalue weighted by Gasteiger charge is 2.23. The van der Waals surface area contributed by atoms with Crippen LogP contribution >= 0.6 is 0 Å². The van der Waals surface area contributed by atoms with E-state index in [2.05, 4.69) is 15.5 Å². The maximum absolute atomic E-state index is 11.3. The highest BCUT2D eigenvalue weighted by molar-refractivity contribution is 5.91. The van der Waals surface area contributed by atoms with Crippen LogP contribution in [0.3, 0.4) is 0 Å². The van der Waals surface area contributed by atoms with Crippen molar-refractivity contribution < 1.29 is 9.53 Å². The Balaban J connectivity index is 1.99. The topological polar surface area (TPSA) is 90.1 Å². The predicted molar refractivity (Wildman–Crippen MR) is 66.3 cm³/mol. The quantitative estimate of drug-likeness (QED) is 0.814. The lowest BCUT2D eigenvalue weighted by Gasteiger charge is -2.28. The summed E-state index contributed by atoms with van der Waals surface area (Å²) in [6, 6.07) is 3.30. The third-order valence-electron chi connectivity index (χ3n) is 3.13. The van der Waals surface area contributed by atoms with E-state index in [1.54, 1.807) is 19.2 Å². The van der Waals surface area contributed by atoms with Crippen molar-refractivity contribution in [1.82, 2.24) is 15.5 Å². The first-order valence-corrected chi connectivity index (χ1v) is 6.19.